The third-order valence-corrected chi connectivity index (χ3v) is 4.63. The molecule has 7 heteroatoms. The molecular formula is C22H23F2N5. The first-order valence-corrected chi connectivity index (χ1v) is 9.12. The number of nitrogens with one attached hydrogen (secondary N) is 1. The maximum atomic E-state index is 14.1. The summed E-state index contributed by atoms with van der Waals surface area (Å²) >= 11 is 0. The molecule has 0 aliphatic heterocycles. The Labute approximate surface area is 168 Å². The Balaban J connectivity index is 1.74. The fourth-order valence-corrected chi connectivity index (χ4v) is 2.97. The third-order valence-electron chi connectivity index (χ3n) is 4.63. The largest absolute Gasteiger partial charge is 0.398 e. The van der Waals surface area contributed by atoms with Gasteiger partial charge in [-0.15, -0.1) is 10.2 Å². The zero-order valence-corrected chi connectivity index (χ0v) is 16.6. The lowest BCUT2D eigenvalue weighted by Crippen LogP contribution is -2.30. The smallest absolute Gasteiger partial charge is 0.148 e. The minimum Gasteiger partial charge on any atom is -0.398 e. The summed E-state index contributed by atoms with van der Waals surface area (Å²) in [6, 6.07) is 10.1. The highest BCUT2D eigenvalue weighted by atomic mass is 19.1. The van der Waals surface area contributed by atoms with Crippen molar-refractivity contribution in [2.75, 3.05) is 17.6 Å². The normalized spacial score (nSPS) is 11.3. The lowest BCUT2D eigenvalue weighted by molar-refractivity contribution is 0.474. The number of aromatic nitrogens is 3. The number of benzene rings is 1. The minimum absolute atomic E-state index is 0.185. The van der Waals surface area contributed by atoms with Crippen LogP contribution in [0.15, 0.2) is 49.2 Å². The van der Waals surface area contributed by atoms with Crippen LogP contribution in [0.3, 0.4) is 0 Å². The van der Waals surface area contributed by atoms with E-state index in [4.69, 9.17) is 5.73 Å². The molecule has 3 rings (SSSR count). The van der Waals surface area contributed by atoms with E-state index in [2.05, 4.69) is 27.1 Å². The van der Waals surface area contributed by atoms with E-state index >= 15 is 0 Å². The number of hydrogen-bond donors (Lipinski definition) is 2. The first-order chi connectivity index (χ1) is 13.7. The highest BCUT2D eigenvalue weighted by molar-refractivity contribution is 5.77. The summed E-state index contributed by atoms with van der Waals surface area (Å²) < 4.78 is 27.2. The average molecular weight is 395 g/mol. The molecule has 1 aromatic carbocycles. The second-order valence-corrected chi connectivity index (χ2v) is 7.61. The molecule has 150 valence electrons. The number of anilines is 2. The van der Waals surface area contributed by atoms with Crippen LogP contribution < -0.4 is 11.1 Å². The number of allylic oxidation sites excluding steroid dienone is 1. The molecule has 3 N–H and O–H groups in total. The summed E-state index contributed by atoms with van der Waals surface area (Å²) in [5.74, 6) is -0.830. The zero-order chi connectivity index (χ0) is 21.2. The van der Waals surface area contributed by atoms with Crippen molar-refractivity contribution < 1.29 is 8.78 Å². The van der Waals surface area contributed by atoms with Crippen molar-refractivity contribution in [3.8, 4) is 11.3 Å². The van der Waals surface area contributed by atoms with Crippen LogP contribution in [-0.2, 0) is 5.41 Å². The van der Waals surface area contributed by atoms with Gasteiger partial charge in [-0.3, -0.25) is 4.98 Å². The number of pyridine rings is 1. The van der Waals surface area contributed by atoms with E-state index in [1.165, 1.54) is 0 Å². The van der Waals surface area contributed by atoms with Crippen molar-refractivity contribution >= 4 is 17.1 Å². The molecule has 0 atom stereocenters. The Morgan fingerprint density at radius 3 is 2.52 bits per heavy atom. The van der Waals surface area contributed by atoms with Gasteiger partial charge in [0.25, 0.3) is 0 Å². The Morgan fingerprint density at radius 1 is 1.14 bits per heavy atom. The van der Waals surface area contributed by atoms with Crippen LogP contribution in [-0.4, -0.2) is 21.7 Å². The van der Waals surface area contributed by atoms with E-state index in [9.17, 15) is 8.78 Å². The van der Waals surface area contributed by atoms with Crippen LogP contribution in [0, 0.1) is 11.6 Å². The van der Waals surface area contributed by atoms with E-state index in [0.717, 1.165) is 29.0 Å². The number of hydrogen-bond acceptors (Lipinski definition) is 5. The van der Waals surface area contributed by atoms with E-state index in [1.54, 1.807) is 6.07 Å². The highest BCUT2D eigenvalue weighted by Gasteiger charge is 2.26. The molecule has 0 aliphatic carbocycles. The van der Waals surface area contributed by atoms with E-state index in [-0.39, 0.29) is 5.69 Å². The lowest BCUT2D eigenvalue weighted by atomic mass is 9.88. The third kappa shape index (κ3) is 4.56. The number of halogens is 2. The van der Waals surface area contributed by atoms with Crippen molar-refractivity contribution in [1.29, 1.82) is 0 Å². The summed E-state index contributed by atoms with van der Waals surface area (Å²) in [6.45, 7) is 9.82. The molecule has 0 radical (unpaired) electrons. The van der Waals surface area contributed by atoms with Gasteiger partial charge in [-0.25, -0.2) is 8.78 Å². The van der Waals surface area contributed by atoms with Gasteiger partial charge in [0.1, 0.15) is 17.5 Å². The Kier molecular flexibility index (Phi) is 5.59. The topological polar surface area (TPSA) is 76.7 Å². The second-order valence-electron chi connectivity index (χ2n) is 7.61. The molecule has 2 heterocycles. The van der Waals surface area contributed by atoms with Gasteiger partial charge in [0.15, 0.2) is 0 Å². The van der Waals surface area contributed by atoms with Gasteiger partial charge in [-0.2, -0.15) is 0 Å². The van der Waals surface area contributed by atoms with E-state index in [0.29, 0.717) is 23.7 Å². The summed E-state index contributed by atoms with van der Waals surface area (Å²) in [4.78, 5) is 3.90. The van der Waals surface area contributed by atoms with Gasteiger partial charge >= 0.3 is 0 Å². The van der Waals surface area contributed by atoms with Crippen molar-refractivity contribution in [3.63, 3.8) is 0 Å². The first-order valence-electron chi connectivity index (χ1n) is 9.12. The molecule has 5 nitrogen and oxygen atoms in total. The highest BCUT2D eigenvalue weighted by Crippen LogP contribution is 2.27. The molecular weight excluding hydrogens is 372 g/mol. The van der Waals surface area contributed by atoms with E-state index < -0.39 is 17.0 Å². The van der Waals surface area contributed by atoms with Crippen molar-refractivity contribution in [3.05, 3.63) is 72.1 Å². The average Bonchev–Trinajstić information content (AvgIpc) is 2.67. The Morgan fingerprint density at radius 2 is 1.90 bits per heavy atom. The van der Waals surface area contributed by atoms with Gasteiger partial charge in [-0.1, -0.05) is 26.5 Å². The molecule has 0 bridgehead atoms. The molecule has 2 aromatic heterocycles. The second kappa shape index (κ2) is 7.95. The predicted molar refractivity (Wildman–Crippen MR) is 112 cm³/mol. The van der Waals surface area contributed by atoms with Gasteiger partial charge in [-0.05, 0) is 36.8 Å². The Bertz CT molecular complexity index is 1050. The predicted octanol–water partition coefficient (Wildman–Crippen LogP) is 4.82. The molecule has 0 saturated carbocycles. The van der Waals surface area contributed by atoms with E-state index in [1.807, 2.05) is 45.0 Å². The summed E-state index contributed by atoms with van der Waals surface area (Å²) in [5.41, 5.74) is 9.49. The molecule has 0 saturated heterocycles. The minimum atomic E-state index is -0.700. The number of nitrogen functional groups attached to an aromatic ring is 1. The van der Waals surface area contributed by atoms with Gasteiger partial charge < -0.3 is 11.1 Å². The standard InChI is InChI=1S/C22H23F2N5/c1-13(2)16-9-14(5-6-18(16)25)19-7-8-20(29-28-19)27-12-22(3,4)21-17(24)10-15(23)11-26-21/h5-11H,1,12,25H2,2-4H3,(H,27,29). The summed E-state index contributed by atoms with van der Waals surface area (Å²) in [5, 5.41) is 11.6. The number of nitrogens with two attached hydrogens (primary N) is 1. The summed E-state index contributed by atoms with van der Waals surface area (Å²) in [6.07, 6.45) is 1.01. The fraction of sp³-hybridized carbons (Fsp3) is 0.227. The molecule has 0 aliphatic rings. The van der Waals surface area contributed by atoms with Crippen molar-refractivity contribution in [2.24, 2.45) is 0 Å². The van der Waals surface area contributed by atoms with Crippen LogP contribution in [0.5, 0.6) is 0 Å². The van der Waals surface area contributed by atoms with Gasteiger partial charge in [0.2, 0.25) is 0 Å². The number of rotatable bonds is 6. The Hall–Kier alpha value is -3.35. The van der Waals surface area contributed by atoms with Crippen LogP contribution >= 0.6 is 0 Å². The number of nitrogens with zero attached hydrogens (tertiary/aromatic N) is 3. The quantitative estimate of drug-likeness (QED) is 0.585. The van der Waals surface area contributed by atoms with Gasteiger partial charge in [0, 0.05) is 34.8 Å². The molecule has 0 fully saturated rings. The molecule has 3 aromatic rings. The fourth-order valence-electron chi connectivity index (χ4n) is 2.97. The van der Waals surface area contributed by atoms with Crippen molar-refractivity contribution in [2.45, 2.75) is 26.2 Å². The maximum absolute atomic E-state index is 14.1. The summed E-state index contributed by atoms with van der Waals surface area (Å²) in [7, 11) is 0. The van der Waals surface area contributed by atoms with Gasteiger partial charge in [0.05, 0.1) is 17.6 Å². The molecule has 0 unspecified atom stereocenters. The van der Waals surface area contributed by atoms with Crippen LogP contribution in [0.2, 0.25) is 0 Å². The van der Waals surface area contributed by atoms with Crippen LogP contribution in [0.25, 0.3) is 16.8 Å². The molecule has 0 spiro atoms. The zero-order valence-electron chi connectivity index (χ0n) is 16.6. The first kappa shape index (κ1) is 20.4. The SMILES string of the molecule is C=C(C)c1cc(-c2ccc(NCC(C)(C)c3ncc(F)cc3F)nn2)ccc1N. The van der Waals surface area contributed by atoms with Crippen molar-refractivity contribution in [1.82, 2.24) is 15.2 Å². The van der Waals surface area contributed by atoms with Crippen LogP contribution in [0.4, 0.5) is 20.3 Å². The molecule has 29 heavy (non-hydrogen) atoms. The van der Waals surface area contributed by atoms with Crippen LogP contribution in [0.1, 0.15) is 32.0 Å². The monoisotopic (exact) mass is 395 g/mol. The molecule has 0 amide bonds. The maximum Gasteiger partial charge on any atom is 0.148 e. The lowest BCUT2D eigenvalue weighted by Gasteiger charge is -2.25.